The summed E-state index contributed by atoms with van der Waals surface area (Å²) < 4.78 is 6.67. The first-order valence-corrected chi connectivity index (χ1v) is 21.5. The highest BCUT2D eigenvalue weighted by Crippen LogP contribution is 2.53. The van der Waals surface area contributed by atoms with Crippen molar-refractivity contribution in [2.45, 2.75) is 46.0 Å². The number of pyridine rings is 1. The van der Waals surface area contributed by atoms with Crippen LogP contribution in [-0.2, 0) is 25.7 Å². The molecule has 296 valence electrons. The fourth-order valence-corrected chi connectivity index (χ4v) is 10.3. The predicted octanol–water partition coefficient (Wildman–Crippen LogP) is 13.5. The lowest BCUT2D eigenvalue weighted by atomic mass is 9.63. The van der Waals surface area contributed by atoms with Gasteiger partial charge in [0.1, 0.15) is 11.5 Å². The van der Waals surface area contributed by atoms with Gasteiger partial charge in [-0.2, -0.15) is 0 Å². The molecule has 4 nitrogen and oxygen atoms in total. The number of nitrogens with zero attached hydrogens (tertiary/aromatic N) is 1. The molecule has 4 aliphatic rings. The Balaban J connectivity index is 0.916. The minimum Gasteiger partial charge on any atom is -0.460 e. The summed E-state index contributed by atoms with van der Waals surface area (Å²) in [5.74, 6) is 2.69. The number of para-hydroxylation sites is 1. The van der Waals surface area contributed by atoms with Gasteiger partial charge >= 0.3 is 0 Å². The van der Waals surface area contributed by atoms with Gasteiger partial charge in [0, 0.05) is 76.9 Å². The Labute approximate surface area is 354 Å². The SMILES string of the molecule is C=Cc1c(CC)oc(/C(=C(\C)Cc2cccc(-c3ccc4c(c3)CCC3=C(C=C[C@H]5C(C6=CCNc7c6ccc6cccnc76)=CC35)C4)c2)c2ccccc2NC)c1C=C. The summed E-state index contributed by atoms with van der Waals surface area (Å²) in [5.41, 5.74) is 22.7. The van der Waals surface area contributed by atoms with Crippen LogP contribution >= 0.6 is 0 Å². The molecule has 0 bridgehead atoms. The van der Waals surface area contributed by atoms with Crippen molar-refractivity contribution in [3.63, 3.8) is 0 Å². The van der Waals surface area contributed by atoms with Gasteiger partial charge in [-0.3, -0.25) is 4.98 Å². The van der Waals surface area contributed by atoms with E-state index in [1.807, 2.05) is 31.5 Å². The summed E-state index contributed by atoms with van der Waals surface area (Å²) >= 11 is 0. The highest BCUT2D eigenvalue weighted by atomic mass is 16.3. The zero-order valence-corrected chi connectivity index (χ0v) is 34.9. The normalized spacial score (nSPS) is 18.1. The van der Waals surface area contributed by atoms with Crippen LogP contribution in [0.1, 0.15) is 70.7 Å². The van der Waals surface area contributed by atoms with Gasteiger partial charge in [-0.05, 0) is 89.3 Å². The standard InChI is InChI=1S/C56H51N3O/c1-6-42-43(7-2)56(60-52(42)8-3)53(48-16-9-10-17-51(48)57-5)34(4)29-35-13-11-14-37(30-35)38-18-19-39-32-41-22-24-45-49(44(41)23-21-40(39)31-38)33-50(45)46-26-28-59-55-47(46)25-20-36-15-12-27-58-54(36)55/h6-7,9-20,22,24-27,30-31,33,45,49,57,59H,1-2,8,21,23,28-29,32H2,3-5H3/b53-34+/t45-,49?/m1/s1. The Bertz CT molecular complexity index is 2910. The van der Waals surface area contributed by atoms with Crippen molar-refractivity contribution in [2.24, 2.45) is 11.8 Å². The third-order valence-corrected chi connectivity index (χ3v) is 13.3. The van der Waals surface area contributed by atoms with Crippen molar-refractivity contribution in [1.82, 2.24) is 4.98 Å². The Hall–Kier alpha value is -6.65. The van der Waals surface area contributed by atoms with Crippen LogP contribution in [0.4, 0.5) is 11.4 Å². The molecule has 1 unspecified atom stereocenters. The number of furan rings is 1. The van der Waals surface area contributed by atoms with E-state index in [-0.39, 0.29) is 0 Å². The minimum atomic E-state index is 0.429. The molecule has 10 rings (SSSR count). The van der Waals surface area contributed by atoms with Gasteiger partial charge in [0.25, 0.3) is 0 Å². The maximum atomic E-state index is 6.67. The summed E-state index contributed by atoms with van der Waals surface area (Å²) in [6.07, 6.45) is 20.3. The summed E-state index contributed by atoms with van der Waals surface area (Å²) in [6, 6.07) is 33.4. The first-order chi connectivity index (χ1) is 29.5. The second kappa shape index (κ2) is 15.5. The average Bonchev–Trinajstić information content (AvgIpc) is 3.53. The van der Waals surface area contributed by atoms with E-state index in [4.69, 9.17) is 9.40 Å². The van der Waals surface area contributed by atoms with Gasteiger partial charge in [-0.25, -0.2) is 0 Å². The van der Waals surface area contributed by atoms with Crippen LogP contribution in [0.25, 0.3) is 45.3 Å². The maximum absolute atomic E-state index is 6.67. The highest BCUT2D eigenvalue weighted by Gasteiger charge is 2.39. The molecule has 60 heavy (non-hydrogen) atoms. The molecule has 3 heterocycles. The number of aryl methyl sites for hydroxylation is 2. The highest BCUT2D eigenvalue weighted by molar-refractivity contribution is 6.01. The topological polar surface area (TPSA) is 50.1 Å². The van der Waals surface area contributed by atoms with Crippen LogP contribution in [-0.4, -0.2) is 18.6 Å². The molecule has 1 aliphatic heterocycles. The molecule has 2 N–H and O–H groups in total. The van der Waals surface area contributed by atoms with E-state index in [9.17, 15) is 0 Å². The van der Waals surface area contributed by atoms with E-state index >= 15 is 0 Å². The Kier molecular flexibility index (Phi) is 9.72. The lowest BCUT2D eigenvalue weighted by Gasteiger charge is -2.41. The van der Waals surface area contributed by atoms with Gasteiger partial charge in [0.05, 0.1) is 11.2 Å². The first-order valence-electron chi connectivity index (χ1n) is 21.5. The van der Waals surface area contributed by atoms with E-state index in [0.717, 1.165) is 89.3 Å². The molecule has 6 aromatic rings. The number of benzene rings is 4. The number of hydrogen-bond donors (Lipinski definition) is 2. The van der Waals surface area contributed by atoms with Gasteiger partial charge < -0.3 is 15.1 Å². The largest absolute Gasteiger partial charge is 0.460 e. The molecular weight excluding hydrogens is 731 g/mol. The van der Waals surface area contributed by atoms with Gasteiger partial charge in [0.2, 0.25) is 0 Å². The van der Waals surface area contributed by atoms with E-state index in [2.05, 4.69) is 147 Å². The minimum absolute atomic E-state index is 0.429. The third-order valence-electron chi connectivity index (χ3n) is 13.3. The molecule has 0 fully saturated rings. The summed E-state index contributed by atoms with van der Waals surface area (Å²) in [7, 11) is 1.98. The van der Waals surface area contributed by atoms with Crippen LogP contribution < -0.4 is 10.6 Å². The molecule has 2 aromatic heterocycles. The third kappa shape index (κ3) is 6.33. The number of aromatic nitrogens is 1. The fourth-order valence-electron chi connectivity index (χ4n) is 10.3. The number of allylic oxidation sites excluding steroid dienone is 8. The number of hydrogen-bond acceptors (Lipinski definition) is 4. The molecule has 0 saturated carbocycles. The summed E-state index contributed by atoms with van der Waals surface area (Å²) in [5, 5.41) is 8.22. The van der Waals surface area contributed by atoms with E-state index in [1.165, 1.54) is 61.1 Å². The Morgan fingerprint density at radius 1 is 0.900 bits per heavy atom. The van der Waals surface area contributed by atoms with Crippen LogP contribution in [0.3, 0.4) is 0 Å². The van der Waals surface area contributed by atoms with Crippen molar-refractivity contribution in [3.8, 4) is 11.1 Å². The smallest absolute Gasteiger partial charge is 0.142 e. The summed E-state index contributed by atoms with van der Waals surface area (Å²) in [4.78, 5) is 4.74. The van der Waals surface area contributed by atoms with Gasteiger partial charge in [-0.15, -0.1) is 0 Å². The Morgan fingerprint density at radius 2 is 1.77 bits per heavy atom. The van der Waals surface area contributed by atoms with E-state index < -0.39 is 0 Å². The lowest BCUT2D eigenvalue weighted by Crippen LogP contribution is -2.30. The predicted molar refractivity (Wildman–Crippen MR) is 253 cm³/mol. The molecule has 0 radical (unpaired) electrons. The van der Waals surface area contributed by atoms with E-state index in [0.29, 0.717) is 11.8 Å². The number of nitrogens with one attached hydrogen (secondary N) is 2. The molecule has 3 aliphatic carbocycles. The molecular formula is C56H51N3O. The van der Waals surface area contributed by atoms with Crippen LogP contribution in [0, 0.1) is 11.8 Å². The molecule has 0 spiro atoms. The molecule has 0 amide bonds. The van der Waals surface area contributed by atoms with Crippen LogP contribution in [0.15, 0.2) is 161 Å². The zero-order chi connectivity index (χ0) is 40.9. The monoisotopic (exact) mass is 781 g/mol. The maximum Gasteiger partial charge on any atom is 0.142 e. The number of fused-ring (bicyclic) bond motifs is 6. The molecule has 2 atom stereocenters. The lowest BCUT2D eigenvalue weighted by molar-refractivity contribution is 0.503. The quantitative estimate of drug-likeness (QED) is 0.145. The average molecular weight is 782 g/mol. The van der Waals surface area contributed by atoms with Crippen molar-refractivity contribution in [1.29, 1.82) is 0 Å². The zero-order valence-electron chi connectivity index (χ0n) is 34.9. The Morgan fingerprint density at radius 3 is 2.62 bits per heavy atom. The second-order valence-corrected chi connectivity index (χ2v) is 16.6. The van der Waals surface area contributed by atoms with Crippen molar-refractivity contribution >= 4 is 45.6 Å². The molecule has 4 aromatic carbocycles. The number of anilines is 2. The van der Waals surface area contributed by atoms with Gasteiger partial charge in [0.15, 0.2) is 0 Å². The van der Waals surface area contributed by atoms with Crippen molar-refractivity contribution < 1.29 is 4.42 Å². The van der Waals surface area contributed by atoms with Gasteiger partial charge in [-0.1, -0.05) is 147 Å². The van der Waals surface area contributed by atoms with Crippen molar-refractivity contribution in [3.05, 3.63) is 207 Å². The fraction of sp³-hybridized carbons (Fsp3) is 0.196. The second-order valence-electron chi connectivity index (χ2n) is 16.6. The van der Waals surface area contributed by atoms with Crippen LogP contribution in [0.2, 0.25) is 0 Å². The molecule has 0 saturated heterocycles. The summed E-state index contributed by atoms with van der Waals surface area (Å²) in [6.45, 7) is 13.5. The first kappa shape index (κ1) is 37.6. The van der Waals surface area contributed by atoms with Crippen LogP contribution in [0.5, 0.6) is 0 Å². The van der Waals surface area contributed by atoms with E-state index in [1.54, 1.807) is 5.57 Å². The van der Waals surface area contributed by atoms with Crippen molar-refractivity contribution in [2.75, 3.05) is 24.2 Å². The molecule has 4 heteroatoms. The number of rotatable bonds is 10.